The van der Waals surface area contributed by atoms with Crippen LogP contribution in [0.3, 0.4) is 0 Å². The molecule has 0 saturated carbocycles. The molecule has 0 atom stereocenters. The summed E-state index contributed by atoms with van der Waals surface area (Å²) in [6.07, 6.45) is 0.341. The van der Waals surface area contributed by atoms with E-state index < -0.39 is 0 Å². The van der Waals surface area contributed by atoms with Crippen molar-refractivity contribution in [2.24, 2.45) is 0 Å². The number of hydrogen-bond donors (Lipinski definition) is 1. The number of methoxy groups -OCH3 is 1. The van der Waals surface area contributed by atoms with Gasteiger partial charge in [-0.05, 0) is 23.8 Å². The molecule has 0 saturated heterocycles. The number of ether oxygens (including phenoxy) is 1. The Morgan fingerprint density at radius 1 is 1.00 bits per heavy atom. The predicted octanol–water partition coefficient (Wildman–Crippen LogP) is 3.33. The fourth-order valence-corrected chi connectivity index (χ4v) is 2.33. The molecule has 0 aliphatic rings. The summed E-state index contributed by atoms with van der Waals surface area (Å²) in [6, 6.07) is 20.7. The molecule has 0 fully saturated rings. The fourth-order valence-electron chi connectivity index (χ4n) is 2.33. The number of benzene rings is 2. The standard InChI is InChI=1S/C19H17N3O2/c1-24-19-11-10-17(21-22-19)15-8-5-9-16(13-15)20-18(23)12-14-6-3-2-4-7-14/h2-11,13H,12H2,1H3,(H,20,23). The summed E-state index contributed by atoms with van der Waals surface area (Å²) in [6.45, 7) is 0. The van der Waals surface area contributed by atoms with Gasteiger partial charge in [-0.1, -0.05) is 42.5 Å². The number of aromatic nitrogens is 2. The molecule has 5 heteroatoms. The van der Waals surface area contributed by atoms with Crippen LogP contribution in [0.25, 0.3) is 11.3 Å². The SMILES string of the molecule is COc1ccc(-c2cccc(NC(=O)Cc3ccccc3)c2)nn1. The minimum absolute atomic E-state index is 0.0563. The smallest absolute Gasteiger partial charge is 0.233 e. The molecular weight excluding hydrogens is 302 g/mol. The van der Waals surface area contributed by atoms with Crippen molar-refractivity contribution < 1.29 is 9.53 Å². The zero-order valence-electron chi connectivity index (χ0n) is 13.3. The van der Waals surface area contributed by atoms with E-state index in [0.717, 1.165) is 22.5 Å². The van der Waals surface area contributed by atoms with E-state index in [2.05, 4.69) is 15.5 Å². The van der Waals surface area contributed by atoms with Crippen LogP contribution in [0.2, 0.25) is 0 Å². The monoisotopic (exact) mass is 319 g/mol. The van der Waals surface area contributed by atoms with E-state index in [9.17, 15) is 4.79 Å². The number of amides is 1. The van der Waals surface area contributed by atoms with Gasteiger partial charge < -0.3 is 10.1 Å². The zero-order valence-corrected chi connectivity index (χ0v) is 13.3. The van der Waals surface area contributed by atoms with E-state index in [1.807, 2.05) is 60.7 Å². The highest BCUT2D eigenvalue weighted by Crippen LogP contribution is 2.21. The molecule has 3 rings (SSSR count). The van der Waals surface area contributed by atoms with Gasteiger partial charge in [0.25, 0.3) is 0 Å². The van der Waals surface area contributed by atoms with Crippen molar-refractivity contribution in [1.82, 2.24) is 10.2 Å². The lowest BCUT2D eigenvalue weighted by Crippen LogP contribution is -2.14. The van der Waals surface area contributed by atoms with Crippen molar-refractivity contribution in [1.29, 1.82) is 0 Å². The number of carbonyl (C=O) groups excluding carboxylic acids is 1. The van der Waals surface area contributed by atoms with E-state index in [0.29, 0.717) is 12.3 Å². The third-order valence-electron chi connectivity index (χ3n) is 3.50. The molecule has 5 nitrogen and oxygen atoms in total. The first-order valence-electron chi connectivity index (χ1n) is 7.56. The molecular formula is C19H17N3O2. The van der Waals surface area contributed by atoms with Crippen LogP contribution in [0.15, 0.2) is 66.7 Å². The molecule has 1 heterocycles. The van der Waals surface area contributed by atoms with Gasteiger partial charge in [0.15, 0.2) is 0 Å². The Hall–Kier alpha value is -3.21. The van der Waals surface area contributed by atoms with Gasteiger partial charge in [0.05, 0.1) is 19.2 Å². The second-order valence-electron chi connectivity index (χ2n) is 5.25. The van der Waals surface area contributed by atoms with Crippen LogP contribution < -0.4 is 10.1 Å². The maximum atomic E-state index is 12.2. The molecule has 0 aliphatic heterocycles. The molecule has 1 N–H and O–H groups in total. The summed E-state index contributed by atoms with van der Waals surface area (Å²) in [7, 11) is 1.55. The van der Waals surface area contributed by atoms with Crippen LogP contribution in [-0.4, -0.2) is 23.2 Å². The molecule has 0 bridgehead atoms. The highest BCUT2D eigenvalue weighted by molar-refractivity contribution is 5.92. The van der Waals surface area contributed by atoms with Crippen LogP contribution in [0.4, 0.5) is 5.69 Å². The third-order valence-corrected chi connectivity index (χ3v) is 3.50. The summed E-state index contributed by atoms with van der Waals surface area (Å²) < 4.78 is 5.01. The molecule has 2 aromatic carbocycles. The Morgan fingerprint density at radius 2 is 1.83 bits per heavy atom. The van der Waals surface area contributed by atoms with E-state index in [1.54, 1.807) is 13.2 Å². The number of hydrogen-bond acceptors (Lipinski definition) is 4. The second kappa shape index (κ2) is 7.37. The Morgan fingerprint density at radius 3 is 2.54 bits per heavy atom. The summed E-state index contributed by atoms with van der Waals surface area (Å²) in [5.41, 5.74) is 3.30. The maximum Gasteiger partial charge on any atom is 0.233 e. The van der Waals surface area contributed by atoms with Crippen molar-refractivity contribution in [2.75, 3.05) is 12.4 Å². The minimum atomic E-state index is -0.0563. The Labute approximate surface area is 140 Å². The highest BCUT2D eigenvalue weighted by atomic mass is 16.5. The van der Waals surface area contributed by atoms with Crippen molar-refractivity contribution >= 4 is 11.6 Å². The van der Waals surface area contributed by atoms with Crippen LogP contribution >= 0.6 is 0 Å². The number of nitrogens with one attached hydrogen (secondary N) is 1. The van der Waals surface area contributed by atoms with E-state index in [-0.39, 0.29) is 5.91 Å². The summed E-state index contributed by atoms with van der Waals surface area (Å²) >= 11 is 0. The first kappa shape index (κ1) is 15.7. The first-order valence-corrected chi connectivity index (χ1v) is 7.56. The quantitative estimate of drug-likeness (QED) is 0.783. The molecule has 0 radical (unpaired) electrons. The zero-order chi connectivity index (χ0) is 16.8. The van der Waals surface area contributed by atoms with Crippen molar-refractivity contribution in [3.05, 3.63) is 72.3 Å². The average Bonchev–Trinajstić information content (AvgIpc) is 2.63. The van der Waals surface area contributed by atoms with Crippen molar-refractivity contribution in [3.63, 3.8) is 0 Å². The predicted molar refractivity (Wildman–Crippen MR) is 92.8 cm³/mol. The Balaban J connectivity index is 1.71. The molecule has 24 heavy (non-hydrogen) atoms. The van der Waals surface area contributed by atoms with Gasteiger partial charge in [-0.15, -0.1) is 10.2 Å². The average molecular weight is 319 g/mol. The highest BCUT2D eigenvalue weighted by Gasteiger charge is 2.06. The first-order chi connectivity index (χ1) is 11.7. The summed E-state index contributed by atoms with van der Waals surface area (Å²) in [4.78, 5) is 12.2. The molecule has 0 unspecified atom stereocenters. The Bertz CT molecular complexity index is 818. The van der Waals surface area contributed by atoms with Crippen LogP contribution in [0.5, 0.6) is 5.88 Å². The lowest BCUT2D eigenvalue weighted by atomic mass is 10.1. The number of anilines is 1. The lowest BCUT2D eigenvalue weighted by molar-refractivity contribution is -0.115. The van der Waals surface area contributed by atoms with Crippen molar-refractivity contribution in [2.45, 2.75) is 6.42 Å². The minimum Gasteiger partial charge on any atom is -0.480 e. The van der Waals surface area contributed by atoms with Gasteiger partial charge in [-0.3, -0.25) is 4.79 Å². The van der Waals surface area contributed by atoms with Crippen LogP contribution in [-0.2, 0) is 11.2 Å². The van der Waals surface area contributed by atoms with Gasteiger partial charge >= 0.3 is 0 Å². The van der Waals surface area contributed by atoms with Crippen molar-refractivity contribution in [3.8, 4) is 17.1 Å². The lowest BCUT2D eigenvalue weighted by Gasteiger charge is -2.07. The number of carbonyl (C=O) groups is 1. The second-order valence-corrected chi connectivity index (χ2v) is 5.25. The van der Waals surface area contributed by atoms with Gasteiger partial charge in [-0.25, -0.2) is 0 Å². The van der Waals surface area contributed by atoms with E-state index in [1.165, 1.54) is 0 Å². The van der Waals surface area contributed by atoms with Gasteiger partial charge in [0, 0.05) is 17.3 Å². The van der Waals surface area contributed by atoms with E-state index in [4.69, 9.17) is 4.74 Å². The molecule has 0 spiro atoms. The topological polar surface area (TPSA) is 64.1 Å². The van der Waals surface area contributed by atoms with Crippen LogP contribution in [0, 0.1) is 0 Å². The number of rotatable bonds is 5. The molecule has 1 amide bonds. The molecule has 3 aromatic rings. The number of nitrogens with zero attached hydrogens (tertiary/aromatic N) is 2. The fraction of sp³-hybridized carbons (Fsp3) is 0.105. The molecule has 1 aromatic heterocycles. The molecule has 0 aliphatic carbocycles. The van der Waals surface area contributed by atoms with Gasteiger partial charge in [0.2, 0.25) is 11.8 Å². The van der Waals surface area contributed by atoms with Gasteiger partial charge in [-0.2, -0.15) is 0 Å². The summed E-state index contributed by atoms with van der Waals surface area (Å²) in [5.74, 6) is 0.408. The maximum absolute atomic E-state index is 12.2. The molecule has 120 valence electrons. The van der Waals surface area contributed by atoms with Gasteiger partial charge in [0.1, 0.15) is 0 Å². The van der Waals surface area contributed by atoms with Crippen LogP contribution in [0.1, 0.15) is 5.56 Å². The third kappa shape index (κ3) is 3.95. The summed E-state index contributed by atoms with van der Waals surface area (Å²) in [5, 5.41) is 11.0. The largest absolute Gasteiger partial charge is 0.480 e. The Kier molecular flexibility index (Phi) is 4.81. The van der Waals surface area contributed by atoms with E-state index >= 15 is 0 Å². The normalized spacial score (nSPS) is 10.2.